The van der Waals surface area contributed by atoms with Gasteiger partial charge < -0.3 is 14.0 Å². The highest BCUT2D eigenvalue weighted by atomic mass is 32.2. The lowest BCUT2D eigenvalue weighted by Crippen LogP contribution is -2.30. The summed E-state index contributed by atoms with van der Waals surface area (Å²) < 4.78 is 16.1. The molecule has 1 saturated carbocycles. The molecule has 9 heteroatoms. The van der Waals surface area contributed by atoms with Crippen LogP contribution in [-0.4, -0.2) is 35.4 Å². The topological polar surface area (TPSA) is 90.1 Å². The second-order valence-electron chi connectivity index (χ2n) is 8.06. The monoisotopic (exact) mass is 476 g/mol. The van der Waals surface area contributed by atoms with Crippen molar-refractivity contribution in [2.75, 3.05) is 19.1 Å². The number of nitrogens with zero attached hydrogens (tertiary/aromatic N) is 4. The van der Waals surface area contributed by atoms with Crippen molar-refractivity contribution in [2.24, 2.45) is 4.99 Å². The van der Waals surface area contributed by atoms with Gasteiger partial charge in [0.05, 0.1) is 25.2 Å². The molecule has 1 unspecified atom stereocenters. The SMILES string of the molecule is COc1ccc(C=C2N=C(SC(C)c3nc(C4CC4)no3)N(c3cccc(OC)c3)C2=O)cc1. The molecule has 0 saturated heterocycles. The van der Waals surface area contributed by atoms with Gasteiger partial charge in [0.2, 0.25) is 5.89 Å². The van der Waals surface area contributed by atoms with E-state index in [9.17, 15) is 4.79 Å². The van der Waals surface area contributed by atoms with Crippen LogP contribution in [0.4, 0.5) is 5.69 Å². The molecule has 1 fully saturated rings. The number of amides is 1. The molecule has 0 N–H and O–H groups in total. The van der Waals surface area contributed by atoms with Crippen molar-refractivity contribution in [1.82, 2.24) is 10.1 Å². The van der Waals surface area contributed by atoms with Crippen LogP contribution in [0.25, 0.3) is 6.08 Å². The summed E-state index contributed by atoms with van der Waals surface area (Å²) >= 11 is 1.40. The van der Waals surface area contributed by atoms with Crippen molar-refractivity contribution in [3.63, 3.8) is 0 Å². The number of carbonyl (C=O) groups excluding carboxylic acids is 1. The van der Waals surface area contributed by atoms with Crippen molar-refractivity contribution >= 4 is 34.6 Å². The predicted octanol–water partition coefficient (Wildman–Crippen LogP) is 5.20. The third kappa shape index (κ3) is 4.56. The van der Waals surface area contributed by atoms with Crippen molar-refractivity contribution in [3.8, 4) is 11.5 Å². The van der Waals surface area contributed by atoms with Crippen LogP contribution in [0.2, 0.25) is 0 Å². The van der Waals surface area contributed by atoms with Gasteiger partial charge in [0.25, 0.3) is 5.91 Å². The van der Waals surface area contributed by atoms with Gasteiger partial charge in [-0.1, -0.05) is 35.1 Å². The Labute approximate surface area is 201 Å². The number of thioether (sulfide) groups is 1. The molecular weight excluding hydrogens is 452 g/mol. The number of benzene rings is 2. The fourth-order valence-electron chi connectivity index (χ4n) is 3.54. The van der Waals surface area contributed by atoms with E-state index >= 15 is 0 Å². The maximum atomic E-state index is 13.5. The van der Waals surface area contributed by atoms with E-state index in [0.717, 1.165) is 30.0 Å². The number of aromatic nitrogens is 2. The summed E-state index contributed by atoms with van der Waals surface area (Å²) in [6, 6.07) is 14.8. The highest BCUT2D eigenvalue weighted by molar-refractivity contribution is 8.14. The smallest absolute Gasteiger partial charge is 0.283 e. The Kier molecular flexibility index (Phi) is 6.10. The first kappa shape index (κ1) is 22.2. The fraction of sp³-hybridized carbons (Fsp3) is 0.280. The number of rotatable bonds is 7. The van der Waals surface area contributed by atoms with Crippen molar-refractivity contribution in [3.05, 3.63) is 71.5 Å². The normalized spacial score (nSPS) is 17.7. The van der Waals surface area contributed by atoms with Crippen molar-refractivity contribution in [2.45, 2.75) is 30.9 Å². The third-order valence-electron chi connectivity index (χ3n) is 5.59. The molecule has 8 nitrogen and oxygen atoms in total. The van der Waals surface area contributed by atoms with Crippen LogP contribution in [0.1, 0.15) is 48.2 Å². The zero-order chi connectivity index (χ0) is 23.7. The van der Waals surface area contributed by atoms with Gasteiger partial charge in [-0.3, -0.25) is 9.69 Å². The van der Waals surface area contributed by atoms with Gasteiger partial charge in [-0.2, -0.15) is 4.98 Å². The van der Waals surface area contributed by atoms with E-state index in [0.29, 0.717) is 34.1 Å². The average Bonchev–Trinajstić information content (AvgIpc) is 3.51. The van der Waals surface area contributed by atoms with E-state index in [1.807, 2.05) is 55.5 Å². The van der Waals surface area contributed by atoms with E-state index in [-0.39, 0.29) is 11.2 Å². The Hall–Kier alpha value is -3.59. The average molecular weight is 477 g/mol. The number of carbonyl (C=O) groups is 1. The molecular formula is C25H24N4O4S. The number of ether oxygens (including phenoxy) is 2. The standard InChI is InChI=1S/C25H24N4O4S/c1-15(23-27-22(28-33-23)17-9-10-17)34-25-26-21(13-16-7-11-19(31-2)12-8-16)24(30)29(25)18-5-4-6-20(14-18)32-3/h4-8,11-15,17H,9-10H2,1-3H3. The quantitative estimate of drug-likeness (QED) is 0.433. The Morgan fingerprint density at radius 2 is 1.88 bits per heavy atom. The number of hydrogen-bond donors (Lipinski definition) is 0. The summed E-state index contributed by atoms with van der Waals surface area (Å²) in [7, 11) is 3.21. The lowest BCUT2D eigenvalue weighted by atomic mass is 10.2. The lowest BCUT2D eigenvalue weighted by Gasteiger charge is -2.19. The minimum absolute atomic E-state index is 0.181. The van der Waals surface area contributed by atoms with Crippen LogP contribution in [0.5, 0.6) is 11.5 Å². The lowest BCUT2D eigenvalue weighted by molar-refractivity contribution is -0.113. The van der Waals surface area contributed by atoms with E-state index < -0.39 is 0 Å². The molecule has 1 aliphatic heterocycles. The molecule has 1 atom stereocenters. The first-order valence-corrected chi connectivity index (χ1v) is 11.9. The highest BCUT2D eigenvalue weighted by Gasteiger charge is 2.35. The molecule has 34 heavy (non-hydrogen) atoms. The van der Waals surface area contributed by atoms with Crippen molar-refractivity contribution in [1.29, 1.82) is 0 Å². The maximum absolute atomic E-state index is 13.5. The van der Waals surface area contributed by atoms with E-state index in [1.165, 1.54) is 11.8 Å². The predicted molar refractivity (Wildman–Crippen MR) is 131 cm³/mol. The van der Waals surface area contributed by atoms with Gasteiger partial charge in [-0.05, 0) is 55.7 Å². The van der Waals surface area contributed by atoms with Crippen LogP contribution in [0.15, 0.2) is 63.7 Å². The summed E-state index contributed by atoms with van der Waals surface area (Å²) in [6.07, 6.45) is 3.97. The second-order valence-corrected chi connectivity index (χ2v) is 9.37. The van der Waals surface area contributed by atoms with Crippen LogP contribution in [0.3, 0.4) is 0 Å². The summed E-state index contributed by atoms with van der Waals surface area (Å²) in [6.45, 7) is 1.97. The van der Waals surface area contributed by atoms with Crippen molar-refractivity contribution < 1.29 is 18.8 Å². The molecule has 1 aromatic heterocycles. The Morgan fingerprint density at radius 1 is 1.12 bits per heavy atom. The minimum atomic E-state index is -0.219. The summed E-state index contributed by atoms with van der Waals surface area (Å²) in [5.74, 6) is 2.88. The molecule has 174 valence electrons. The number of amidine groups is 1. The first-order chi connectivity index (χ1) is 16.6. The van der Waals surface area contributed by atoms with Gasteiger partial charge in [-0.25, -0.2) is 4.99 Å². The van der Waals surface area contributed by atoms with E-state index in [2.05, 4.69) is 10.1 Å². The molecule has 0 spiro atoms. The summed E-state index contributed by atoms with van der Waals surface area (Å²) in [4.78, 5) is 24.3. The second kappa shape index (κ2) is 9.34. The zero-order valence-electron chi connectivity index (χ0n) is 19.1. The third-order valence-corrected chi connectivity index (χ3v) is 6.63. The Balaban J connectivity index is 1.47. The van der Waals surface area contributed by atoms with Crippen LogP contribution >= 0.6 is 11.8 Å². The fourth-order valence-corrected chi connectivity index (χ4v) is 4.50. The van der Waals surface area contributed by atoms with Gasteiger partial charge in [-0.15, -0.1) is 0 Å². The molecule has 0 radical (unpaired) electrons. The minimum Gasteiger partial charge on any atom is -0.497 e. The van der Waals surface area contributed by atoms with E-state index in [1.54, 1.807) is 25.2 Å². The van der Waals surface area contributed by atoms with Crippen LogP contribution < -0.4 is 14.4 Å². The summed E-state index contributed by atoms with van der Waals surface area (Å²) in [5.41, 5.74) is 1.86. The molecule has 1 amide bonds. The van der Waals surface area contributed by atoms with Gasteiger partial charge in [0, 0.05) is 12.0 Å². The number of methoxy groups -OCH3 is 2. The molecule has 1 aliphatic carbocycles. The maximum Gasteiger partial charge on any atom is 0.283 e. The summed E-state index contributed by atoms with van der Waals surface area (Å²) in [5, 5.41) is 4.47. The molecule has 0 bridgehead atoms. The molecule has 3 aromatic rings. The molecule has 5 rings (SSSR count). The number of aliphatic imine (C=N–C) groups is 1. The van der Waals surface area contributed by atoms with Crippen LogP contribution in [0, 0.1) is 0 Å². The number of anilines is 1. The largest absolute Gasteiger partial charge is 0.497 e. The first-order valence-electron chi connectivity index (χ1n) is 11.0. The number of hydrogen-bond acceptors (Lipinski definition) is 8. The molecule has 2 aromatic carbocycles. The van der Waals surface area contributed by atoms with Gasteiger partial charge >= 0.3 is 0 Å². The van der Waals surface area contributed by atoms with Gasteiger partial charge in [0.1, 0.15) is 17.2 Å². The Morgan fingerprint density at radius 3 is 2.59 bits per heavy atom. The highest BCUT2D eigenvalue weighted by Crippen LogP contribution is 2.41. The van der Waals surface area contributed by atoms with Crippen LogP contribution in [-0.2, 0) is 4.79 Å². The Bertz CT molecular complexity index is 1260. The zero-order valence-corrected chi connectivity index (χ0v) is 19.9. The van der Waals surface area contributed by atoms with Gasteiger partial charge in [0.15, 0.2) is 11.0 Å². The molecule has 2 heterocycles. The van der Waals surface area contributed by atoms with E-state index in [4.69, 9.17) is 19.0 Å². The molecule has 2 aliphatic rings.